The van der Waals surface area contributed by atoms with Gasteiger partial charge in [-0.1, -0.05) is 23.3 Å². The number of pyridine rings is 2. The van der Waals surface area contributed by atoms with Gasteiger partial charge in [-0.05, 0) is 70.5 Å². The highest BCUT2D eigenvalue weighted by Crippen LogP contribution is 2.34. The van der Waals surface area contributed by atoms with E-state index in [9.17, 15) is 0 Å². The predicted octanol–water partition coefficient (Wildman–Crippen LogP) is 7.15. The first-order valence-corrected chi connectivity index (χ1v) is 10.9. The molecule has 4 nitrogen and oxygen atoms in total. The van der Waals surface area contributed by atoms with Crippen LogP contribution >= 0.6 is 0 Å². The third kappa shape index (κ3) is 6.25. The zero-order chi connectivity index (χ0) is 24.0. The summed E-state index contributed by atoms with van der Waals surface area (Å²) in [7, 11) is 0. The molecule has 0 radical (unpaired) electrons. The maximum atomic E-state index is 15.3. The number of halogens is 2. The molecule has 2 aromatic heterocycles. The molecule has 0 aliphatic carbocycles. The molecular weight excluding hydrogens is 418 g/mol. The SMILES string of the molecule is CC(C)=CCNc1ccc(-c2cc(F)c(-c3ccc(NCC=C(C)C)nc3)c(C)c2F)cn1. The highest BCUT2D eigenvalue weighted by Gasteiger charge is 2.18. The quantitative estimate of drug-likeness (QED) is 0.359. The fraction of sp³-hybridized carbons (Fsp3) is 0.259. The summed E-state index contributed by atoms with van der Waals surface area (Å²) in [5, 5.41) is 6.35. The van der Waals surface area contributed by atoms with Crippen LogP contribution in [0.15, 0.2) is 66.0 Å². The summed E-state index contributed by atoms with van der Waals surface area (Å²) in [5.41, 5.74) is 4.10. The third-order valence-corrected chi connectivity index (χ3v) is 5.16. The number of rotatable bonds is 8. The van der Waals surface area contributed by atoms with Crippen molar-refractivity contribution in [3.8, 4) is 22.3 Å². The van der Waals surface area contributed by atoms with E-state index in [1.54, 1.807) is 43.6 Å². The van der Waals surface area contributed by atoms with E-state index in [1.165, 1.54) is 17.2 Å². The average molecular weight is 449 g/mol. The molecule has 33 heavy (non-hydrogen) atoms. The standard InChI is InChI=1S/C27H30F2N4/c1-17(2)10-12-30-24-8-6-20(15-32-24)22-14-23(28)26(19(5)27(22)29)21-7-9-25(33-16-21)31-13-11-18(3)4/h6-11,14-16H,12-13H2,1-5H3,(H,30,32)(H,31,33). The number of aromatic nitrogens is 2. The van der Waals surface area contributed by atoms with Crippen molar-refractivity contribution in [1.82, 2.24) is 9.97 Å². The Labute approximate surface area is 194 Å². The van der Waals surface area contributed by atoms with Crippen LogP contribution in [0.2, 0.25) is 0 Å². The van der Waals surface area contributed by atoms with E-state index in [-0.39, 0.29) is 16.7 Å². The number of nitrogens with zero attached hydrogens (tertiary/aromatic N) is 2. The van der Waals surface area contributed by atoms with Crippen molar-refractivity contribution in [1.29, 1.82) is 0 Å². The van der Waals surface area contributed by atoms with Crippen molar-refractivity contribution < 1.29 is 8.78 Å². The molecule has 6 heteroatoms. The maximum absolute atomic E-state index is 15.3. The minimum absolute atomic E-state index is 0.185. The van der Waals surface area contributed by atoms with Crippen molar-refractivity contribution in [2.75, 3.05) is 23.7 Å². The third-order valence-electron chi connectivity index (χ3n) is 5.16. The van der Waals surface area contributed by atoms with Gasteiger partial charge in [0.1, 0.15) is 23.3 Å². The first-order chi connectivity index (χ1) is 15.8. The van der Waals surface area contributed by atoms with E-state index < -0.39 is 11.6 Å². The minimum Gasteiger partial charge on any atom is -0.367 e. The molecule has 0 saturated carbocycles. The van der Waals surface area contributed by atoms with Gasteiger partial charge in [-0.3, -0.25) is 0 Å². The van der Waals surface area contributed by atoms with Crippen molar-refractivity contribution in [2.45, 2.75) is 34.6 Å². The minimum atomic E-state index is -0.498. The number of hydrogen-bond acceptors (Lipinski definition) is 4. The number of anilines is 2. The molecular formula is C27H30F2N4. The van der Waals surface area contributed by atoms with E-state index in [0.29, 0.717) is 35.9 Å². The van der Waals surface area contributed by atoms with Crippen molar-refractivity contribution in [2.24, 2.45) is 0 Å². The molecule has 2 heterocycles. The molecule has 3 aromatic rings. The molecule has 0 amide bonds. The fourth-order valence-electron chi connectivity index (χ4n) is 3.34. The van der Waals surface area contributed by atoms with Gasteiger partial charge in [0.05, 0.1) is 0 Å². The van der Waals surface area contributed by atoms with Gasteiger partial charge in [0, 0.05) is 47.7 Å². The lowest BCUT2D eigenvalue weighted by atomic mass is 9.95. The van der Waals surface area contributed by atoms with Crippen LogP contribution in [0.4, 0.5) is 20.4 Å². The van der Waals surface area contributed by atoms with Gasteiger partial charge in [-0.25, -0.2) is 18.7 Å². The smallest absolute Gasteiger partial charge is 0.134 e. The van der Waals surface area contributed by atoms with Gasteiger partial charge in [0.2, 0.25) is 0 Å². The summed E-state index contributed by atoms with van der Waals surface area (Å²) in [6.45, 7) is 11.0. The number of benzene rings is 1. The molecule has 0 bridgehead atoms. The average Bonchev–Trinajstić information content (AvgIpc) is 2.77. The van der Waals surface area contributed by atoms with E-state index in [0.717, 1.165) is 0 Å². The van der Waals surface area contributed by atoms with Crippen molar-refractivity contribution in [3.63, 3.8) is 0 Å². The molecule has 0 aliphatic heterocycles. The summed E-state index contributed by atoms with van der Waals surface area (Å²) in [6.07, 6.45) is 7.21. The molecule has 2 N–H and O–H groups in total. The number of nitrogens with one attached hydrogen (secondary N) is 2. The van der Waals surface area contributed by atoms with Crippen LogP contribution in [0.25, 0.3) is 22.3 Å². The van der Waals surface area contributed by atoms with Crippen LogP contribution in [-0.4, -0.2) is 23.1 Å². The monoisotopic (exact) mass is 448 g/mol. The van der Waals surface area contributed by atoms with Crippen LogP contribution in [0, 0.1) is 18.6 Å². The zero-order valence-corrected chi connectivity index (χ0v) is 19.8. The second-order valence-electron chi connectivity index (χ2n) is 8.41. The lowest BCUT2D eigenvalue weighted by molar-refractivity contribution is 0.598. The molecule has 172 valence electrons. The Bertz CT molecular complexity index is 1160. The first kappa shape index (κ1) is 24.1. The van der Waals surface area contributed by atoms with Crippen LogP contribution in [0.5, 0.6) is 0 Å². The largest absolute Gasteiger partial charge is 0.367 e. The van der Waals surface area contributed by atoms with Gasteiger partial charge < -0.3 is 10.6 Å². The lowest BCUT2D eigenvalue weighted by Crippen LogP contribution is -2.02. The second kappa shape index (κ2) is 10.9. The lowest BCUT2D eigenvalue weighted by Gasteiger charge is -2.14. The summed E-state index contributed by atoms with van der Waals surface area (Å²) in [5.74, 6) is 0.386. The van der Waals surface area contributed by atoms with E-state index in [2.05, 4.69) is 20.6 Å². The van der Waals surface area contributed by atoms with E-state index in [1.807, 2.05) is 39.8 Å². The van der Waals surface area contributed by atoms with Crippen molar-refractivity contribution in [3.05, 3.63) is 83.2 Å². The Balaban J connectivity index is 1.83. The van der Waals surface area contributed by atoms with Crippen LogP contribution < -0.4 is 10.6 Å². The summed E-state index contributed by atoms with van der Waals surface area (Å²) < 4.78 is 30.4. The molecule has 0 fully saturated rings. The van der Waals surface area contributed by atoms with Crippen LogP contribution in [0.1, 0.15) is 33.3 Å². The van der Waals surface area contributed by atoms with Crippen LogP contribution in [0.3, 0.4) is 0 Å². The Morgan fingerprint density at radius 3 is 1.79 bits per heavy atom. The Hall–Kier alpha value is -3.54. The Morgan fingerprint density at radius 2 is 1.33 bits per heavy atom. The normalized spacial score (nSPS) is 10.5. The molecule has 0 saturated heterocycles. The molecule has 0 spiro atoms. The van der Waals surface area contributed by atoms with Gasteiger partial charge in [-0.15, -0.1) is 0 Å². The summed E-state index contributed by atoms with van der Waals surface area (Å²) >= 11 is 0. The second-order valence-corrected chi connectivity index (χ2v) is 8.41. The molecule has 1 aromatic carbocycles. The van der Waals surface area contributed by atoms with Crippen LogP contribution in [-0.2, 0) is 0 Å². The predicted molar refractivity (Wildman–Crippen MR) is 133 cm³/mol. The highest BCUT2D eigenvalue weighted by atomic mass is 19.1. The molecule has 0 unspecified atom stereocenters. The summed E-state index contributed by atoms with van der Waals surface area (Å²) in [4.78, 5) is 8.67. The van der Waals surface area contributed by atoms with E-state index >= 15 is 8.78 Å². The summed E-state index contributed by atoms with van der Waals surface area (Å²) in [6, 6.07) is 8.25. The Morgan fingerprint density at radius 1 is 0.818 bits per heavy atom. The maximum Gasteiger partial charge on any atom is 0.134 e. The van der Waals surface area contributed by atoms with Gasteiger partial charge >= 0.3 is 0 Å². The number of allylic oxidation sites excluding steroid dienone is 2. The van der Waals surface area contributed by atoms with E-state index in [4.69, 9.17) is 0 Å². The van der Waals surface area contributed by atoms with Crippen molar-refractivity contribution >= 4 is 11.6 Å². The topological polar surface area (TPSA) is 49.8 Å². The van der Waals surface area contributed by atoms with Gasteiger partial charge in [-0.2, -0.15) is 0 Å². The zero-order valence-electron chi connectivity index (χ0n) is 19.8. The van der Waals surface area contributed by atoms with Gasteiger partial charge in [0.15, 0.2) is 0 Å². The fourth-order valence-corrected chi connectivity index (χ4v) is 3.34. The molecule has 3 rings (SSSR count). The first-order valence-electron chi connectivity index (χ1n) is 10.9. The number of hydrogen-bond donors (Lipinski definition) is 2. The molecule has 0 atom stereocenters. The Kier molecular flexibility index (Phi) is 7.93. The highest BCUT2D eigenvalue weighted by molar-refractivity contribution is 5.75. The molecule has 0 aliphatic rings. The van der Waals surface area contributed by atoms with Gasteiger partial charge in [0.25, 0.3) is 0 Å².